The van der Waals surface area contributed by atoms with E-state index in [0.717, 1.165) is 149 Å². The largest absolute Gasteiger partial charge is 0.324 e. The zero-order valence-corrected chi connectivity index (χ0v) is 79.2. The van der Waals surface area contributed by atoms with Gasteiger partial charge in [-0.25, -0.2) is 29.9 Å². The minimum Gasteiger partial charge on any atom is -0.324 e. The normalized spacial score (nSPS) is 12.1. The van der Waals surface area contributed by atoms with Gasteiger partial charge in [0, 0.05) is 43.8 Å². The van der Waals surface area contributed by atoms with Crippen molar-refractivity contribution in [2.75, 3.05) is 0 Å². The van der Waals surface area contributed by atoms with E-state index in [2.05, 4.69) is 114 Å². The fourth-order valence-electron chi connectivity index (χ4n) is 20.1. The number of fused-ring (bicyclic) bond motifs is 20. The Hall–Kier alpha value is -5.76. The van der Waals surface area contributed by atoms with Crippen molar-refractivity contribution in [3.63, 3.8) is 0 Å². The van der Waals surface area contributed by atoms with Crippen molar-refractivity contribution in [3.05, 3.63) is 93.0 Å². The molecule has 0 atom stereocenters. The van der Waals surface area contributed by atoms with Crippen molar-refractivity contribution in [1.29, 1.82) is 0 Å². The first-order chi connectivity index (χ1) is 59.4. The van der Waals surface area contributed by atoms with Crippen LogP contribution in [0.3, 0.4) is 0 Å². The summed E-state index contributed by atoms with van der Waals surface area (Å²) in [6.45, 7) is 18.7. The van der Waals surface area contributed by atoms with Gasteiger partial charge >= 0.3 is 0 Å². The highest BCUT2D eigenvalue weighted by Crippen LogP contribution is 2.46. The van der Waals surface area contributed by atoms with E-state index in [-0.39, 0.29) is 0 Å². The number of aromatic amines is 2. The molecule has 9 rings (SSSR count). The minimum atomic E-state index is 0.793. The Morgan fingerprint density at radius 1 is 0.150 bits per heavy atom. The number of aromatic nitrogens is 8. The van der Waals surface area contributed by atoms with Gasteiger partial charge in [-0.3, -0.25) is 0 Å². The molecule has 8 nitrogen and oxygen atoms in total. The van der Waals surface area contributed by atoms with Crippen LogP contribution in [0.15, 0.2) is 48.5 Å². The molecule has 0 spiro atoms. The molecule has 2 aliphatic rings. The van der Waals surface area contributed by atoms with Gasteiger partial charge in [-0.1, -0.05) is 463 Å². The maximum atomic E-state index is 6.29. The number of rotatable bonds is 72. The molecule has 8 bridgehead atoms. The summed E-state index contributed by atoms with van der Waals surface area (Å²) in [6, 6.07) is 20.2. The molecule has 7 aromatic rings. The van der Waals surface area contributed by atoms with E-state index in [4.69, 9.17) is 29.9 Å². The molecule has 5 heterocycles. The van der Waals surface area contributed by atoms with Gasteiger partial charge < -0.3 is 9.97 Å². The van der Waals surface area contributed by atoms with E-state index < -0.39 is 0 Å². The number of unbranched alkanes of at least 4 members (excludes halogenated alkanes) is 56. The number of hydrogen-bond donors (Lipinski definition) is 2. The van der Waals surface area contributed by atoms with Crippen LogP contribution in [0.2, 0.25) is 0 Å². The molecule has 0 aliphatic carbocycles. The van der Waals surface area contributed by atoms with Crippen molar-refractivity contribution in [1.82, 2.24) is 39.9 Å². The Labute approximate surface area is 735 Å². The second-order valence-electron chi connectivity index (χ2n) is 37.9. The van der Waals surface area contributed by atoms with Crippen LogP contribution < -0.4 is 0 Å². The Bertz CT molecular complexity index is 3850. The number of nitrogens with one attached hydrogen (secondary N) is 2. The molecule has 120 heavy (non-hydrogen) atoms. The van der Waals surface area contributed by atoms with E-state index in [1.165, 1.54) is 448 Å². The molecule has 8 heteroatoms. The summed E-state index contributed by atoms with van der Waals surface area (Å²) in [7, 11) is 0. The third-order valence-electron chi connectivity index (χ3n) is 27.5. The number of aryl methyl sites for hydroxylation is 8. The van der Waals surface area contributed by atoms with Crippen LogP contribution in [0, 0.1) is 0 Å². The van der Waals surface area contributed by atoms with E-state index in [1.54, 1.807) is 0 Å². The van der Waals surface area contributed by atoms with Crippen LogP contribution in [-0.2, 0) is 51.4 Å². The lowest BCUT2D eigenvalue weighted by Gasteiger charge is -2.14. The first-order valence-corrected chi connectivity index (χ1v) is 52.8. The molecule has 2 aliphatic heterocycles. The average molecular weight is 1640 g/mol. The summed E-state index contributed by atoms with van der Waals surface area (Å²) in [5.74, 6) is 3.21. The van der Waals surface area contributed by atoms with E-state index in [1.807, 2.05) is 0 Å². The Morgan fingerprint density at radius 2 is 0.283 bits per heavy atom. The highest BCUT2D eigenvalue weighted by Gasteiger charge is 2.31. The summed E-state index contributed by atoms with van der Waals surface area (Å²) in [5.41, 5.74) is 19.5. The monoisotopic (exact) mass is 1640 g/mol. The Morgan fingerprint density at radius 3 is 0.458 bits per heavy atom. The summed E-state index contributed by atoms with van der Waals surface area (Å²) < 4.78 is 0. The molecular weight excluding hydrogens is 1460 g/mol. The van der Waals surface area contributed by atoms with Crippen molar-refractivity contribution in [3.8, 4) is 45.6 Å². The highest BCUT2D eigenvalue weighted by molar-refractivity contribution is 6.12. The second kappa shape index (κ2) is 60.0. The first kappa shape index (κ1) is 98.0. The standard InChI is InChI=1S/C112H178N8/c1-9-17-25-33-41-49-57-65-73-89-81-82-90(74-66-58-50-42-34-26-18-10-2)98-97(89)105-113-106(98)118-108-101-93(77-69-61-53-45-37-29-21-13-5)85-86-94(78-70-62-54-46-38-30-22-14-6)102(101)110(115-108)120-112-104-96(80-72-64-56-48-40-32-24-16-8)88-87-95(79-71-63-55-47-39-31-23-15-7)103(104)111(116-112)119-109-100-92(76-68-60-52-44-36-28-20-12-4)84-83-91(99(100)107(114-109)117-105)75-67-59-51-43-35-27-19-11-3/h81-88H,9-80H2,1-8H3,(H2,113,114,115,116,117,118,119,120). The van der Waals surface area contributed by atoms with Crippen molar-refractivity contribution < 1.29 is 0 Å². The molecule has 3 aromatic heterocycles. The van der Waals surface area contributed by atoms with Gasteiger partial charge in [0.1, 0.15) is 22.6 Å². The smallest absolute Gasteiger partial charge is 0.165 e. The zero-order chi connectivity index (χ0) is 84.1. The number of benzene rings is 4. The molecule has 0 saturated carbocycles. The lowest BCUT2D eigenvalue weighted by Crippen LogP contribution is -1.99. The van der Waals surface area contributed by atoms with Crippen molar-refractivity contribution in [2.24, 2.45) is 0 Å². The molecule has 666 valence electrons. The average Bonchev–Trinajstić information content (AvgIpc) is 1.58. The number of hydrogen-bond acceptors (Lipinski definition) is 6. The van der Waals surface area contributed by atoms with Crippen LogP contribution in [0.1, 0.15) is 511 Å². The first-order valence-electron chi connectivity index (χ1n) is 52.8. The topological polar surface area (TPSA) is 109 Å². The Balaban J connectivity index is 1.37. The minimum absolute atomic E-state index is 0.793. The van der Waals surface area contributed by atoms with Crippen LogP contribution in [0.4, 0.5) is 0 Å². The summed E-state index contributed by atoms with van der Waals surface area (Å²) in [5, 5.41) is 5.03. The molecule has 4 aromatic carbocycles. The molecule has 0 unspecified atom stereocenters. The predicted molar refractivity (Wildman–Crippen MR) is 527 cm³/mol. The maximum absolute atomic E-state index is 6.29. The van der Waals surface area contributed by atoms with Crippen molar-refractivity contribution in [2.45, 2.75) is 518 Å². The summed E-state index contributed by atoms with van der Waals surface area (Å²) >= 11 is 0. The van der Waals surface area contributed by atoms with E-state index >= 15 is 0 Å². The van der Waals surface area contributed by atoms with Crippen LogP contribution in [0.25, 0.3) is 89.7 Å². The van der Waals surface area contributed by atoms with E-state index in [0.29, 0.717) is 0 Å². The van der Waals surface area contributed by atoms with E-state index in [9.17, 15) is 0 Å². The molecule has 2 N–H and O–H groups in total. The molecule has 0 radical (unpaired) electrons. The zero-order valence-electron chi connectivity index (χ0n) is 79.2. The highest BCUT2D eigenvalue weighted by atomic mass is 15.1. The van der Waals surface area contributed by atoms with Gasteiger partial charge in [-0.05, 0) is 147 Å². The number of nitrogens with zero attached hydrogens (tertiary/aromatic N) is 6. The molecule has 0 fully saturated rings. The fraction of sp³-hybridized carbons (Fsp3) is 0.714. The molecule has 0 amide bonds. The predicted octanol–water partition coefficient (Wildman–Crippen LogP) is 36.3. The quantitative estimate of drug-likeness (QED) is 0.0368. The van der Waals surface area contributed by atoms with Crippen LogP contribution in [-0.4, -0.2) is 39.9 Å². The van der Waals surface area contributed by atoms with Gasteiger partial charge in [0.2, 0.25) is 0 Å². The van der Waals surface area contributed by atoms with Crippen LogP contribution in [0.5, 0.6) is 0 Å². The van der Waals surface area contributed by atoms with Gasteiger partial charge in [0.25, 0.3) is 0 Å². The SMILES string of the molecule is CCCCCCCCCCc1ccc(CCCCCCCCCC)c2c1-c1nc3nc(nc4[nH]c(nc5[nH]c(nc-2n1)c1c(CCCCCCCCCC)ccc(CCCCCCCCCC)c51)c1c(CCCCCCCCCC)ccc(CCCCCCCCCC)c41)-c1c(CCCCCCCCCC)ccc(CCCCCCCCCC)c1-3. The fourth-order valence-corrected chi connectivity index (χ4v) is 20.1. The Kier molecular flexibility index (Phi) is 49.0. The maximum Gasteiger partial charge on any atom is 0.165 e. The second-order valence-corrected chi connectivity index (χ2v) is 37.9. The third-order valence-corrected chi connectivity index (χ3v) is 27.5. The van der Waals surface area contributed by atoms with Crippen molar-refractivity contribution >= 4 is 44.1 Å². The third kappa shape index (κ3) is 32.7. The summed E-state index contributed by atoms with van der Waals surface area (Å²) in [6.07, 6.45) is 90.6. The number of H-pyrrole nitrogens is 2. The summed E-state index contributed by atoms with van der Waals surface area (Å²) in [4.78, 5) is 45.6. The van der Waals surface area contributed by atoms with Gasteiger partial charge in [0.15, 0.2) is 23.3 Å². The molecular formula is C112H178N8. The van der Waals surface area contributed by atoms with Gasteiger partial charge in [-0.15, -0.1) is 0 Å². The lowest BCUT2D eigenvalue weighted by atomic mass is 9.90. The molecule has 0 saturated heterocycles. The van der Waals surface area contributed by atoms with Crippen LogP contribution >= 0.6 is 0 Å². The van der Waals surface area contributed by atoms with Gasteiger partial charge in [-0.2, -0.15) is 0 Å². The lowest BCUT2D eigenvalue weighted by molar-refractivity contribution is 0.575. The van der Waals surface area contributed by atoms with Gasteiger partial charge in [0.05, 0.1) is 0 Å².